The zero-order valence-electron chi connectivity index (χ0n) is 15.3. The summed E-state index contributed by atoms with van der Waals surface area (Å²) in [6, 6.07) is 7.47. The van der Waals surface area contributed by atoms with Crippen LogP contribution in [0.15, 0.2) is 24.3 Å². The summed E-state index contributed by atoms with van der Waals surface area (Å²) >= 11 is 0. The van der Waals surface area contributed by atoms with Crippen molar-refractivity contribution in [1.82, 2.24) is 0 Å². The lowest BCUT2D eigenvalue weighted by Gasteiger charge is -2.29. The molecule has 1 aromatic carbocycles. The first-order chi connectivity index (χ1) is 10.8. The standard InChI is InChI=1S/C19H31NO3/c1-7-15(5)23-17-11-9-16(10-12-17)20-18(21)19(6,22-8-2)13-14(3)4/h9-12,14-15H,7-8,13H2,1-6H3,(H,20,21). The molecule has 0 aliphatic heterocycles. The topological polar surface area (TPSA) is 47.6 Å². The van der Waals surface area contributed by atoms with Gasteiger partial charge in [0.15, 0.2) is 0 Å². The number of hydrogen-bond acceptors (Lipinski definition) is 3. The van der Waals surface area contributed by atoms with Crippen molar-refractivity contribution in [2.45, 2.75) is 66.1 Å². The summed E-state index contributed by atoms with van der Waals surface area (Å²) in [7, 11) is 0. The van der Waals surface area contributed by atoms with Gasteiger partial charge in [-0.05, 0) is 63.8 Å². The summed E-state index contributed by atoms with van der Waals surface area (Å²) in [5.41, 5.74) is -0.0596. The SMILES string of the molecule is CCOC(C)(CC(C)C)C(=O)Nc1ccc(OC(C)CC)cc1. The normalized spacial score (nSPS) is 15.1. The van der Waals surface area contributed by atoms with E-state index >= 15 is 0 Å². The van der Waals surface area contributed by atoms with Crippen molar-refractivity contribution in [3.05, 3.63) is 24.3 Å². The highest BCUT2D eigenvalue weighted by atomic mass is 16.5. The summed E-state index contributed by atoms with van der Waals surface area (Å²) < 4.78 is 11.5. The van der Waals surface area contributed by atoms with Crippen molar-refractivity contribution < 1.29 is 14.3 Å². The van der Waals surface area contributed by atoms with Crippen LogP contribution in [0.1, 0.15) is 54.4 Å². The molecule has 1 rings (SSSR count). The lowest BCUT2D eigenvalue weighted by atomic mass is 9.93. The Morgan fingerprint density at radius 3 is 2.26 bits per heavy atom. The molecule has 0 aromatic heterocycles. The molecule has 4 heteroatoms. The highest BCUT2D eigenvalue weighted by molar-refractivity contribution is 5.97. The third-order valence-electron chi connectivity index (χ3n) is 3.77. The van der Waals surface area contributed by atoms with Crippen LogP contribution >= 0.6 is 0 Å². The Morgan fingerprint density at radius 1 is 1.17 bits per heavy atom. The maximum Gasteiger partial charge on any atom is 0.256 e. The maximum absolute atomic E-state index is 12.6. The molecule has 0 spiro atoms. The summed E-state index contributed by atoms with van der Waals surface area (Å²) in [6.07, 6.45) is 1.82. The second-order valence-electron chi connectivity index (χ2n) is 6.58. The average Bonchev–Trinajstić information content (AvgIpc) is 2.48. The van der Waals surface area contributed by atoms with Gasteiger partial charge in [0.1, 0.15) is 11.4 Å². The van der Waals surface area contributed by atoms with Crippen LogP contribution in [-0.4, -0.2) is 24.2 Å². The number of hydrogen-bond donors (Lipinski definition) is 1. The predicted molar refractivity (Wildman–Crippen MR) is 94.9 cm³/mol. The molecule has 0 heterocycles. The van der Waals surface area contributed by atoms with Crippen LogP contribution < -0.4 is 10.1 Å². The summed E-state index contributed by atoms with van der Waals surface area (Å²) in [5, 5.41) is 2.95. The molecule has 2 atom stereocenters. The lowest BCUT2D eigenvalue weighted by Crippen LogP contribution is -2.43. The Labute approximate surface area is 140 Å². The number of carbonyl (C=O) groups is 1. The fraction of sp³-hybridized carbons (Fsp3) is 0.632. The van der Waals surface area contributed by atoms with Crippen molar-refractivity contribution in [3.63, 3.8) is 0 Å². The van der Waals surface area contributed by atoms with Gasteiger partial charge in [0.2, 0.25) is 0 Å². The highest BCUT2D eigenvalue weighted by Crippen LogP contribution is 2.24. The van der Waals surface area contributed by atoms with Gasteiger partial charge in [0.25, 0.3) is 5.91 Å². The number of rotatable bonds is 9. The van der Waals surface area contributed by atoms with E-state index in [1.54, 1.807) is 0 Å². The molecule has 130 valence electrons. The molecule has 0 saturated carbocycles. The van der Waals surface area contributed by atoms with E-state index in [-0.39, 0.29) is 12.0 Å². The molecule has 1 aromatic rings. The Bertz CT molecular complexity index is 484. The smallest absolute Gasteiger partial charge is 0.256 e. The molecule has 1 N–H and O–H groups in total. The van der Waals surface area contributed by atoms with Crippen molar-refractivity contribution in [2.75, 3.05) is 11.9 Å². The predicted octanol–water partition coefficient (Wildman–Crippen LogP) is 4.64. The molecule has 23 heavy (non-hydrogen) atoms. The third kappa shape index (κ3) is 6.22. The number of anilines is 1. The zero-order chi connectivity index (χ0) is 17.5. The third-order valence-corrected chi connectivity index (χ3v) is 3.77. The highest BCUT2D eigenvalue weighted by Gasteiger charge is 2.34. The zero-order valence-corrected chi connectivity index (χ0v) is 15.3. The lowest BCUT2D eigenvalue weighted by molar-refractivity contribution is -0.140. The average molecular weight is 321 g/mol. The van der Waals surface area contributed by atoms with E-state index in [1.165, 1.54) is 0 Å². The van der Waals surface area contributed by atoms with Crippen molar-refractivity contribution in [2.24, 2.45) is 5.92 Å². The van der Waals surface area contributed by atoms with Crippen LogP contribution in [0.25, 0.3) is 0 Å². The van der Waals surface area contributed by atoms with Gasteiger partial charge in [0, 0.05) is 12.3 Å². The van der Waals surface area contributed by atoms with E-state index < -0.39 is 5.60 Å². The monoisotopic (exact) mass is 321 g/mol. The van der Waals surface area contributed by atoms with Gasteiger partial charge in [-0.3, -0.25) is 4.79 Å². The Kier molecular flexibility index (Phi) is 7.56. The van der Waals surface area contributed by atoms with E-state index in [2.05, 4.69) is 26.1 Å². The van der Waals surface area contributed by atoms with Crippen LogP contribution in [0.4, 0.5) is 5.69 Å². The van der Waals surface area contributed by atoms with E-state index in [0.717, 1.165) is 17.9 Å². The van der Waals surface area contributed by atoms with Crippen LogP contribution in [0, 0.1) is 5.92 Å². The molecular formula is C19H31NO3. The van der Waals surface area contributed by atoms with Gasteiger partial charge in [-0.1, -0.05) is 20.8 Å². The van der Waals surface area contributed by atoms with E-state index in [0.29, 0.717) is 18.9 Å². The second kappa shape index (κ2) is 8.92. The molecule has 2 unspecified atom stereocenters. The molecule has 0 saturated heterocycles. The molecule has 1 amide bonds. The molecule has 4 nitrogen and oxygen atoms in total. The van der Waals surface area contributed by atoms with Crippen LogP contribution in [-0.2, 0) is 9.53 Å². The van der Waals surface area contributed by atoms with E-state index in [9.17, 15) is 4.79 Å². The Balaban J connectivity index is 2.74. The number of ether oxygens (including phenoxy) is 2. The van der Waals surface area contributed by atoms with E-state index in [4.69, 9.17) is 9.47 Å². The summed E-state index contributed by atoms with van der Waals surface area (Å²) in [4.78, 5) is 12.6. The van der Waals surface area contributed by atoms with Gasteiger partial charge in [-0.15, -0.1) is 0 Å². The summed E-state index contributed by atoms with van der Waals surface area (Å²) in [5.74, 6) is 1.08. The first kappa shape index (κ1) is 19.5. The van der Waals surface area contributed by atoms with Gasteiger partial charge < -0.3 is 14.8 Å². The van der Waals surface area contributed by atoms with Crippen molar-refractivity contribution in [3.8, 4) is 5.75 Å². The van der Waals surface area contributed by atoms with E-state index in [1.807, 2.05) is 45.0 Å². The van der Waals surface area contributed by atoms with Crippen LogP contribution in [0.3, 0.4) is 0 Å². The Hall–Kier alpha value is -1.55. The quantitative estimate of drug-likeness (QED) is 0.720. The second-order valence-corrected chi connectivity index (χ2v) is 6.58. The number of benzene rings is 1. The van der Waals surface area contributed by atoms with Gasteiger partial charge in [0.05, 0.1) is 6.10 Å². The number of nitrogens with one attached hydrogen (secondary N) is 1. The van der Waals surface area contributed by atoms with Crippen molar-refractivity contribution in [1.29, 1.82) is 0 Å². The van der Waals surface area contributed by atoms with Crippen LogP contribution in [0.2, 0.25) is 0 Å². The molecule has 0 bridgehead atoms. The van der Waals surface area contributed by atoms with Crippen molar-refractivity contribution >= 4 is 11.6 Å². The minimum atomic E-state index is -0.811. The fourth-order valence-corrected chi connectivity index (χ4v) is 2.51. The number of carbonyl (C=O) groups excluding carboxylic acids is 1. The molecule has 0 radical (unpaired) electrons. The minimum absolute atomic E-state index is 0.108. The van der Waals surface area contributed by atoms with Crippen LogP contribution in [0.5, 0.6) is 5.75 Å². The van der Waals surface area contributed by atoms with Gasteiger partial charge >= 0.3 is 0 Å². The Morgan fingerprint density at radius 2 is 1.78 bits per heavy atom. The largest absolute Gasteiger partial charge is 0.491 e. The minimum Gasteiger partial charge on any atom is -0.491 e. The molecule has 0 aliphatic carbocycles. The molecule has 0 aliphatic rings. The molecule has 0 fully saturated rings. The first-order valence-electron chi connectivity index (χ1n) is 8.52. The van der Waals surface area contributed by atoms with Gasteiger partial charge in [-0.25, -0.2) is 0 Å². The molecular weight excluding hydrogens is 290 g/mol. The number of amides is 1. The van der Waals surface area contributed by atoms with Gasteiger partial charge in [-0.2, -0.15) is 0 Å². The maximum atomic E-state index is 12.6. The fourth-order valence-electron chi connectivity index (χ4n) is 2.51. The summed E-state index contributed by atoms with van der Waals surface area (Å²) in [6.45, 7) is 12.6. The first-order valence-corrected chi connectivity index (χ1v) is 8.52.